The molecule has 0 saturated carbocycles. The number of aromatic nitrogens is 2. The number of para-hydroxylation sites is 1. The van der Waals surface area contributed by atoms with Gasteiger partial charge in [0.1, 0.15) is 5.56 Å². The summed E-state index contributed by atoms with van der Waals surface area (Å²) < 4.78 is 40.8. The number of amides is 1. The number of nitro benzene ring substituents is 1. The predicted octanol–water partition coefficient (Wildman–Crippen LogP) is 3.12. The molecular weight excluding hydrogens is 365 g/mol. The van der Waals surface area contributed by atoms with E-state index in [1.54, 1.807) is 0 Å². The van der Waals surface area contributed by atoms with Crippen LogP contribution in [0.3, 0.4) is 0 Å². The molecule has 1 N–H and O–H groups in total. The van der Waals surface area contributed by atoms with Crippen molar-refractivity contribution in [2.24, 2.45) is 0 Å². The molecule has 2 aromatic rings. The Morgan fingerprint density at radius 1 is 1.26 bits per heavy atom. The number of carbonyl (C=O) groups is 1. The van der Waals surface area contributed by atoms with Crippen molar-refractivity contribution in [3.63, 3.8) is 0 Å². The SMILES string of the molecule is O=C(NCCn1nc(C(F)(F)F)c2c1CCCC2)c1ccccc1[N+](=O)[O-]. The quantitative estimate of drug-likeness (QED) is 0.636. The molecule has 0 spiro atoms. The number of benzene rings is 1. The highest BCUT2D eigenvalue weighted by atomic mass is 19.4. The second-order valence-electron chi connectivity index (χ2n) is 6.23. The average molecular weight is 382 g/mol. The molecule has 1 aromatic carbocycles. The maximum Gasteiger partial charge on any atom is 0.435 e. The zero-order valence-corrected chi connectivity index (χ0v) is 14.3. The molecule has 1 amide bonds. The highest BCUT2D eigenvalue weighted by Gasteiger charge is 2.39. The summed E-state index contributed by atoms with van der Waals surface area (Å²) in [4.78, 5) is 22.5. The van der Waals surface area contributed by atoms with E-state index in [1.807, 2.05) is 0 Å². The standard InChI is InChI=1S/C17H17F3N4O3/c18-17(19,20)15-11-5-1-3-7-13(11)23(22-15)10-9-21-16(25)12-6-2-4-8-14(12)24(26)27/h2,4,6,8H,1,3,5,7,9-10H2,(H,21,25). The summed E-state index contributed by atoms with van der Waals surface area (Å²) in [7, 11) is 0. The van der Waals surface area contributed by atoms with E-state index < -0.39 is 22.7 Å². The molecule has 144 valence electrons. The van der Waals surface area contributed by atoms with Crippen LogP contribution in [0, 0.1) is 10.1 Å². The van der Waals surface area contributed by atoms with Crippen LogP contribution in [0.4, 0.5) is 18.9 Å². The molecule has 1 heterocycles. The van der Waals surface area contributed by atoms with E-state index in [0.717, 1.165) is 6.42 Å². The second-order valence-corrected chi connectivity index (χ2v) is 6.23. The maximum atomic E-state index is 13.2. The number of hydrogen-bond acceptors (Lipinski definition) is 4. The van der Waals surface area contributed by atoms with E-state index in [2.05, 4.69) is 10.4 Å². The molecule has 0 aliphatic heterocycles. The molecule has 7 nitrogen and oxygen atoms in total. The van der Waals surface area contributed by atoms with E-state index >= 15 is 0 Å². The summed E-state index contributed by atoms with van der Waals surface area (Å²) in [6.45, 7) is 0.0705. The smallest absolute Gasteiger partial charge is 0.350 e. The van der Waals surface area contributed by atoms with Crippen molar-refractivity contribution in [3.05, 3.63) is 56.9 Å². The minimum Gasteiger partial charge on any atom is -0.350 e. The molecule has 0 fully saturated rings. The van der Waals surface area contributed by atoms with E-state index in [0.29, 0.717) is 25.0 Å². The fraction of sp³-hybridized carbons (Fsp3) is 0.412. The highest BCUT2D eigenvalue weighted by Crippen LogP contribution is 2.35. The monoisotopic (exact) mass is 382 g/mol. The van der Waals surface area contributed by atoms with Crippen LogP contribution in [0.1, 0.15) is 40.2 Å². The number of rotatable bonds is 5. The Bertz CT molecular complexity index is 877. The van der Waals surface area contributed by atoms with Gasteiger partial charge in [0.25, 0.3) is 11.6 Å². The molecule has 0 radical (unpaired) electrons. The minimum atomic E-state index is -4.51. The predicted molar refractivity (Wildman–Crippen MR) is 89.3 cm³/mol. The van der Waals surface area contributed by atoms with Crippen molar-refractivity contribution >= 4 is 11.6 Å². The number of alkyl halides is 3. The van der Waals surface area contributed by atoms with Gasteiger partial charge in [-0.25, -0.2) is 0 Å². The normalized spacial score (nSPS) is 13.9. The molecule has 1 aliphatic carbocycles. The van der Waals surface area contributed by atoms with Gasteiger partial charge in [-0.2, -0.15) is 18.3 Å². The Morgan fingerprint density at radius 3 is 2.67 bits per heavy atom. The zero-order valence-electron chi connectivity index (χ0n) is 14.3. The summed E-state index contributed by atoms with van der Waals surface area (Å²) in [5.74, 6) is -0.653. The van der Waals surface area contributed by atoms with Gasteiger partial charge < -0.3 is 5.32 Å². The fourth-order valence-corrected chi connectivity index (χ4v) is 3.28. The number of nitro groups is 1. The van der Waals surface area contributed by atoms with Gasteiger partial charge in [-0.05, 0) is 31.7 Å². The third kappa shape index (κ3) is 3.93. The Balaban J connectivity index is 1.72. The average Bonchev–Trinajstić information content (AvgIpc) is 3.01. The molecule has 0 bridgehead atoms. The van der Waals surface area contributed by atoms with Crippen LogP contribution in [0.5, 0.6) is 0 Å². The number of carbonyl (C=O) groups excluding carboxylic acids is 1. The molecule has 0 unspecified atom stereocenters. The molecular formula is C17H17F3N4O3. The number of fused-ring (bicyclic) bond motifs is 1. The van der Waals surface area contributed by atoms with Gasteiger partial charge in [0.05, 0.1) is 11.5 Å². The van der Waals surface area contributed by atoms with Crippen LogP contribution in [0.2, 0.25) is 0 Å². The molecule has 0 atom stereocenters. The third-order valence-corrected chi connectivity index (χ3v) is 4.48. The lowest BCUT2D eigenvalue weighted by Gasteiger charge is -2.15. The fourth-order valence-electron chi connectivity index (χ4n) is 3.28. The minimum absolute atomic E-state index is 0.0102. The van der Waals surface area contributed by atoms with Gasteiger partial charge in [-0.1, -0.05) is 12.1 Å². The summed E-state index contributed by atoms with van der Waals surface area (Å²) in [5, 5.41) is 17.2. The summed E-state index contributed by atoms with van der Waals surface area (Å²) in [6.07, 6.45) is -2.18. The van der Waals surface area contributed by atoms with Crippen LogP contribution in [0.25, 0.3) is 0 Å². The lowest BCUT2D eigenvalue weighted by Crippen LogP contribution is -2.28. The first-order chi connectivity index (χ1) is 12.8. The number of nitrogens with zero attached hydrogens (tertiary/aromatic N) is 3. The Labute approximate surface area is 152 Å². The molecule has 3 rings (SSSR count). The number of nitrogens with one attached hydrogen (secondary N) is 1. The van der Waals surface area contributed by atoms with E-state index in [-0.39, 0.29) is 29.9 Å². The first-order valence-corrected chi connectivity index (χ1v) is 8.46. The molecule has 1 aromatic heterocycles. The van der Waals surface area contributed by atoms with Gasteiger partial charge >= 0.3 is 6.18 Å². The number of halogens is 3. The molecule has 1 aliphatic rings. The van der Waals surface area contributed by atoms with Crippen LogP contribution in [-0.2, 0) is 25.6 Å². The van der Waals surface area contributed by atoms with Gasteiger partial charge in [-0.15, -0.1) is 0 Å². The highest BCUT2D eigenvalue weighted by molar-refractivity contribution is 5.98. The Hall–Kier alpha value is -2.91. The van der Waals surface area contributed by atoms with E-state index in [9.17, 15) is 28.1 Å². The summed E-state index contributed by atoms with van der Waals surface area (Å²) >= 11 is 0. The van der Waals surface area contributed by atoms with Crippen LogP contribution in [-0.4, -0.2) is 27.2 Å². The van der Waals surface area contributed by atoms with Crippen LogP contribution < -0.4 is 5.32 Å². The molecule has 10 heteroatoms. The zero-order chi connectivity index (χ0) is 19.6. The third-order valence-electron chi connectivity index (χ3n) is 4.48. The largest absolute Gasteiger partial charge is 0.435 e. The van der Waals surface area contributed by atoms with E-state index in [4.69, 9.17) is 0 Å². The lowest BCUT2D eigenvalue weighted by atomic mass is 9.95. The summed E-state index contributed by atoms with van der Waals surface area (Å²) in [5.41, 5.74) is -0.499. The first kappa shape index (κ1) is 18.9. The second kappa shape index (κ2) is 7.37. The van der Waals surface area contributed by atoms with Crippen molar-refractivity contribution < 1.29 is 22.9 Å². The first-order valence-electron chi connectivity index (χ1n) is 8.46. The van der Waals surface area contributed by atoms with Crippen molar-refractivity contribution in [3.8, 4) is 0 Å². The Morgan fingerprint density at radius 2 is 1.96 bits per heavy atom. The maximum absolute atomic E-state index is 13.2. The van der Waals surface area contributed by atoms with Gasteiger partial charge in [0, 0.05) is 23.9 Å². The summed E-state index contributed by atoms with van der Waals surface area (Å²) in [6, 6.07) is 5.49. The van der Waals surface area contributed by atoms with E-state index in [1.165, 1.54) is 28.9 Å². The van der Waals surface area contributed by atoms with Gasteiger partial charge in [-0.3, -0.25) is 19.6 Å². The van der Waals surface area contributed by atoms with Crippen molar-refractivity contribution in [1.29, 1.82) is 0 Å². The lowest BCUT2D eigenvalue weighted by molar-refractivity contribution is -0.385. The topological polar surface area (TPSA) is 90.1 Å². The Kier molecular flexibility index (Phi) is 5.15. The molecule has 27 heavy (non-hydrogen) atoms. The van der Waals surface area contributed by atoms with Crippen molar-refractivity contribution in [1.82, 2.24) is 15.1 Å². The van der Waals surface area contributed by atoms with Gasteiger partial charge in [0.2, 0.25) is 0 Å². The number of hydrogen-bond donors (Lipinski definition) is 1. The van der Waals surface area contributed by atoms with Crippen LogP contribution in [0.15, 0.2) is 24.3 Å². The molecule has 0 saturated heterocycles. The van der Waals surface area contributed by atoms with Crippen LogP contribution >= 0.6 is 0 Å². The van der Waals surface area contributed by atoms with Crippen molar-refractivity contribution in [2.45, 2.75) is 38.4 Å². The van der Waals surface area contributed by atoms with Crippen molar-refractivity contribution in [2.75, 3.05) is 6.54 Å². The van der Waals surface area contributed by atoms with Gasteiger partial charge in [0.15, 0.2) is 5.69 Å².